The maximum Gasteiger partial charge on any atom is 0.266 e. The first kappa shape index (κ1) is 14.3. The highest BCUT2D eigenvalue weighted by molar-refractivity contribution is 5.28. The molecule has 106 valence electrons. The molecule has 5 heteroatoms. The van der Waals surface area contributed by atoms with E-state index in [1.807, 2.05) is 19.1 Å². The van der Waals surface area contributed by atoms with Crippen LogP contribution in [0.1, 0.15) is 25.0 Å². The molecule has 20 heavy (non-hydrogen) atoms. The quantitative estimate of drug-likeness (QED) is 0.872. The van der Waals surface area contributed by atoms with Gasteiger partial charge in [-0.2, -0.15) is 5.10 Å². The van der Waals surface area contributed by atoms with Gasteiger partial charge >= 0.3 is 0 Å². The second-order valence-corrected chi connectivity index (χ2v) is 4.48. The second kappa shape index (κ2) is 6.86. The van der Waals surface area contributed by atoms with Gasteiger partial charge in [0.25, 0.3) is 5.56 Å². The molecule has 1 aromatic carbocycles. The van der Waals surface area contributed by atoms with Gasteiger partial charge in [-0.05, 0) is 30.2 Å². The number of aromatic nitrogens is 2. The van der Waals surface area contributed by atoms with E-state index in [1.165, 1.54) is 16.9 Å². The van der Waals surface area contributed by atoms with Crippen molar-refractivity contribution in [3.05, 3.63) is 58.5 Å². The first-order chi connectivity index (χ1) is 9.70. The number of ether oxygens (including phenoxy) is 1. The van der Waals surface area contributed by atoms with Crippen molar-refractivity contribution in [3.63, 3.8) is 0 Å². The Hall–Kier alpha value is -2.14. The Morgan fingerprint density at radius 1 is 1.30 bits per heavy atom. The maximum atomic E-state index is 11.5. The molecule has 1 aromatic heterocycles. The number of aliphatic hydroxyl groups is 1. The molecule has 0 spiro atoms. The molecule has 0 aliphatic heterocycles. The zero-order chi connectivity index (χ0) is 14.4. The minimum absolute atomic E-state index is 0.134. The molecule has 0 radical (unpaired) electrons. The Morgan fingerprint density at radius 3 is 2.70 bits per heavy atom. The summed E-state index contributed by atoms with van der Waals surface area (Å²) >= 11 is 0. The Bertz CT molecular complexity index is 593. The lowest BCUT2D eigenvalue weighted by molar-refractivity contribution is 0.149. The fraction of sp³-hybridized carbons (Fsp3) is 0.333. The smallest absolute Gasteiger partial charge is 0.266 e. The summed E-state index contributed by atoms with van der Waals surface area (Å²) in [6.07, 6.45) is 1.70. The Morgan fingerprint density at radius 2 is 2.05 bits per heavy atom. The summed E-state index contributed by atoms with van der Waals surface area (Å²) in [5, 5.41) is 14.0. The zero-order valence-corrected chi connectivity index (χ0v) is 11.4. The van der Waals surface area contributed by atoms with Gasteiger partial charge in [0, 0.05) is 12.3 Å². The van der Waals surface area contributed by atoms with Crippen LogP contribution in [-0.4, -0.2) is 21.5 Å². The van der Waals surface area contributed by atoms with Crippen LogP contribution < -0.4 is 10.3 Å². The molecule has 1 heterocycles. The van der Waals surface area contributed by atoms with E-state index in [-0.39, 0.29) is 12.1 Å². The van der Waals surface area contributed by atoms with Crippen molar-refractivity contribution in [3.8, 4) is 5.75 Å². The maximum absolute atomic E-state index is 11.5. The molecular formula is C15H18N2O3. The van der Waals surface area contributed by atoms with Gasteiger partial charge in [0.05, 0.1) is 19.3 Å². The van der Waals surface area contributed by atoms with Crippen molar-refractivity contribution in [2.45, 2.75) is 26.0 Å². The van der Waals surface area contributed by atoms with Crippen molar-refractivity contribution in [1.29, 1.82) is 0 Å². The van der Waals surface area contributed by atoms with Crippen LogP contribution >= 0.6 is 0 Å². The fourth-order valence-corrected chi connectivity index (χ4v) is 1.80. The molecule has 2 rings (SSSR count). The molecule has 0 fully saturated rings. The standard InChI is InChI=1S/C15H18N2O3/c1-2-10-20-13-7-5-12(6-8-13)14(18)11-17-15(19)4-3-9-16-17/h3-9,14,18H,2,10-11H2,1H3. The largest absolute Gasteiger partial charge is 0.494 e. The Kier molecular flexibility index (Phi) is 4.90. The molecule has 0 aliphatic rings. The number of hydrogen-bond acceptors (Lipinski definition) is 4. The summed E-state index contributed by atoms with van der Waals surface area (Å²) < 4.78 is 6.72. The SMILES string of the molecule is CCCOc1ccc(C(O)Cn2ncccc2=O)cc1. The van der Waals surface area contributed by atoms with Crippen LogP contribution in [0.4, 0.5) is 0 Å². The van der Waals surface area contributed by atoms with Gasteiger partial charge in [0.15, 0.2) is 0 Å². The van der Waals surface area contributed by atoms with Crippen molar-refractivity contribution < 1.29 is 9.84 Å². The van der Waals surface area contributed by atoms with Gasteiger partial charge in [-0.3, -0.25) is 4.79 Å². The second-order valence-electron chi connectivity index (χ2n) is 4.48. The number of nitrogens with zero attached hydrogens (tertiary/aromatic N) is 2. The van der Waals surface area contributed by atoms with Crippen molar-refractivity contribution in [1.82, 2.24) is 9.78 Å². The van der Waals surface area contributed by atoms with E-state index in [0.717, 1.165) is 17.7 Å². The van der Waals surface area contributed by atoms with Crippen LogP contribution in [0.2, 0.25) is 0 Å². The van der Waals surface area contributed by atoms with E-state index in [1.54, 1.807) is 18.2 Å². The van der Waals surface area contributed by atoms with E-state index in [9.17, 15) is 9.90 Å². The highest BCUT2D eigenvalue weighted by Gasteiger charge is 2.10. The molecule has 0 bridgehead atoms. The number of hydrogen-bond donors (Lipinski definition) is 1. The lowest BCUT2D eigenvalue weighted by Crippen LogP contribution is -2.24. The lowest BCUT2D eigenvalue weighted by atomic mass is 10.1. The first-order valence-electron chi connectivity index (χ1n) is 6.63. The van der Waals surface area contributed by atoms with Crippen molar-refractivity contribution in [2.24, 2.45) is 0 Å². The number of aliphatic hydroxyl groups excluding tert-OH is 1. The Balaban J connectivity index is 2.04. The van der Waals surface area contributed by atoms with Gasteiger partial charge < -0.3 is 9.84 Å². The van der Waals surface area contributed by atoms with Crippen molar-refractivity contribution >= 4 is 0 Å². The summed E-state index contributed by atoms with van der Waals surface area (Å²) in [5.41, 5.74) is 0.501. The average Bonchev–Trinajstić information content (AvgIpc) is 2.48. The molecule has 0 amide bonds. The van der Waals surface area contributed by atoms with E-state index < -0.39 is 6.10 Å². The lowest BCUT2D eigenvalue weighted by Gasteiger charge is -2.12. The first-order valence-corrected chi connectivity index (χ1v) is 6.63. The molecule has 1 N–H and O–H groups in total. The summed E-state index contributed by atoms with van der Waals surface area (Å²) in [6, 6.07) is 10.2. The highest BCUT2D eigenvalue weighted by Crippen LogP contribution is 2.18. The van der Waals surface area contributed by atoms with Gasteiger partial charge in [-0.1, -0.05) is 19.1 Å². The summed E-state index contributed by atoms with van der Waals surface area (Å²) in [6.45, 7) is 2.85. The third kappa shape index (κ3) is 3.68. The third-order valence-electron chi connectivity index (χ3n) is 2.87. The minimum Gasteiger partial charge on any atom is -0.494 e. The molecule has 5 nitrogen and oxygen atoms in total. The summed E-state index contributed by atoms with van der Waals surface area (Å²) in [4.78, 5) is 11.5. The summed E-state index contributed by atoms with van der Waals surface area (Å²) in [7, 11) is 0. The third-order valence-corrected chi connectivity index (χ3v) is 2.87. The highest BCUT2D eigenvalue weighted by atomic mass is 16.5. The van der Waals surface area contributed by atoms with Crippen LogP contribution in [0.25, 0.3) is 0 Å². The molecule has 1 atom stereocenters. The predicted molar refractivity (Wildman–Crippen MR) is 75.7 cm³/mol. The van der Waals surface area contributed by atoms with Crippen LogP contribution in [0.15, 0.2) is 47.4 Å². The molecule has 0 saturated carbocycles. The molecule has 0 aliphatic carbocycles. The van der Waals surface area contributed by atoms with Gasteiger partial charge in [0.1, 0.15) is 5.75 Å². The Labute approximate surface area is 117 Å². The summed E-state index contributed by atoms with van der Waals surface area (Å²) in [5.74, 6) is 0.776. The van der Waals surface area contributed by atoms with Gasteiger partial charge in [0.2, 0.25) is 0 Å². The number of benzene rings is 1. The minimum atomic E-state index is -0.775. The fourth-order valence-electron chi connectivity index (χ4n) is 1.80. The normalized spacial score (nSPS) is 12.1. The van der Waals surface area contributed by atoms with E-state index >= 15 is 0 Å². The van der Waals surface area contributed by atoms with E-state index in [4.69, 9.17) is 4.74 Å². The van der Waals surface area contributed by atoms with Crippen LogP contribution in [0.3, 0.4) is 0 Å². The van der Waals surface area contributed by atoms with E-state index in [2.05, 4.69) is 5.10 Å². The molecule has 0 saturated heterocycles. The zero-order valence-electron chi connectivity index (χ0n) is 11.4. The predicted octanol–water partition coefficient (Wildman–Crippen LogP) is 1.77. The average molecular weight is 274 g/mol. The van der Waals surface area contributed by atoms with E-state index in [0.29, 0.717) is 6.61 Å². The van der Waals surface area contributed by atoms with Crippen LogP contribution in [0.5, 0.6) is 5.75 Å². The van der Waals surface area contributed by atoms with Crippen LogP contribution in [0, 0.1) is 0 Å². The van der Waals surface area contributed by atoms with Gasteiger partial charge in [-0.25, -0.2) is 4.68 Å². The van der Waals surface area contributed by atoms with Gasteiger partial charge in [-0.15, -0.1) is 0 Å². The molecule has 1 unspecified atom stereocenters. The number of rotatable bonds is 6. The van der Waals surface area contributed by atoms with Crippen molar-refractivity contribution in [2.75, 3.05) is 6.61 Å². The topological polar surface area (TPSA) is 64.3 Å². The monoisotopic (exact) mass is 274 g/mol. The van der Waals surface area contributed by atoms with Crippen LogP contribution in [-0.2, 0) is 6.54 Å². The molecule has 2 aromatic rings. The molecular weight excluding hydrogens is 256 g/mol.